The van der Waals surface area contributed by atoms with Crippen LogP contribution in [0.2, 0.25) is 0 Å². The lowest BCUT2D eigenvalue weighted by molar-refractivity contribution is 0.233. The summed E-state index contributed by atoms with van der Waals surface area (Å²) < 4.78 is 1.70. The molecule has 5 nitrogen and oxygen atoms in total. The van der Waals surface area contributed by atoms with Crippen molar-refractivity contribution in [2.24, 2.45) is 7.05 Å². The van der Waals surface area contributed by atoms with Crippen LogP contribution in [0.5, 0.6) is 0 Å². The average molecular weight is 271 g/mol. The number of nitrogens with zero attached hydrogens (tertiary/aromatic N) is 3. The van der Waals surface area contributed by atoms with Gasteiger partial charge in [0.1, 0.15) is 5.82 Å². The van der Waals surface area contributed by atoms with Crippen molar-refractivity contribution >= 4 is 5.82 Å². The first-order valence-electron chi connectivity index (χ1n) is 7.04. The van der Waals surface area contributed by atoms with Gasteiger partial charge in [-0.15, -0.1) is 0 Å². The first-order chi connectivity index (χ1) is 9.72. The van der Waals surface area contributed by atoms with E-state index in [1.807, 2.05) is 13.1 Å². The molecule has 1 fully saturated rings. The fraction of sp³-hybridized carbons (Fsp3) is 0.400. The molecule has 106 valence electrons. The standard InChI is InChI=1S/C15H21N5/c1-19-15(16)10-14(18-19)13-4-2-12(3-5-13)11-20-8-6-17-7-9-20/h2-5,10,17H,6-9,11,16H2,1H3. The molecule has 1 aromatic carbocycles. The summed E-state index contributed by atoms with van der Waals surface area (Å²) >= 11 is 0. The van der Waals surface area contributed by atoms with Gasteiger partial charge in [0.15, 0.2) is 0 Å². The first-order valence-corrected chi connectivity index (χ1v) is 7.04. The summed E-state index contributed by atoms with van der Waals surface area (Å²) in [6.45, 7) is 5.44. The van der Waals surface area contributed by atoms with Gasteiger partial charge in [-0.2, -0.15) is 5.10 Å². The molecule has 0 bridgehead atoms. The van der Waals surface area contributed by atoms with Gasteiger partial charge >= 0.3 is 0 Å². The summed E-state index contributed by atoms with van der Waals surface area (Å²) in [5.74, 6) is 0.685. The second kappa shape index (κ2) is 5.64. The summed E-state index contributed by atoms with van der Waals surface area (Å²) in [5, 5.41) is 7.77. The number of hydrogen-bond donors (Lipinski definition) is 2. The first kappa shape index (κ1) is 13.1. The van der Waals surface area contributed by atoms with Crippen LogP contribution in [0.4, 0.5) is 5.82 Å². The normalized spacial score (nSPS) is 16.4. The lowest BCUT2D eigenvalue weighted by atomic mass is 10.1. The molecule has 2 aromatic rings. The summed E-state index contributed by atoms with van der Waals surface area (Å²) in [4.78, 5) is 2.48. The SMILES string of the molecule is Cn1nc(-c2ccc(CN3CCNCC3)cc2)cc1N. The largest absolute Gasteiger partial charge is 0.384 e. The number of benzene rings is 1. The van der Waals surface area contributed by atoms with Crippen LogP contribution in [0, 0.1) is 0 Å². The second-order valence-corrected chi connectivity index (χ2v) is 5.30. The van der Waals surface area contributed by atoms with Crippen LogP contribution in [0.1, 0.15) is 5.56 Å². The molecule has 0 aliphatic carbocycles. The van der Waals surface area contributed by atoms with Crippen LogP contribution in [0.25, 0.3) is 11.3 Å². The minimum Gasteiger partial charge on any atom is -0.384 e. The Labute approximate surface area is 119 Å². The fourth-order valence-electron chi connectivity index (χ4n) is 2.53. The zero-order chi connectivity index (χ0) is 13.9. The third-order valence-corrected chi connectivity index (χ3v) is 3.78. The molecule has 0 unspecified atom stereocenters. The lowest BCUT2D eigenvalue weighted by Gasteiger charge is -2.27. The minimum atomic E-state index is 0.685. The van der Waals surface area contributed by atoms with Crippen LogP contribution >= 0.6 is 0 Å². The molecule has 2 heterocycles. The molecule has 5 heteroatoms. The van der Waals surface area contributed by atoms with Crippen LogP contribution in [-0.2, 0) is 13.6 Å². The van der Waals surface area contributed by atoms with Gasteiger partial charge in [0, 0.05) is 51.4 Å². The van der Waals surface area contributed by atoms with Crippen molar-refractivity contribution in [3.63, 3.8) is 0 Å². The van der Waals surface area contributed by atoms with E-state index >= 15 is 0 Å². The molecule has 0 spiro atoms. The van der Waals surface area contributed by atoms with Crippen LogP contribution < -0.4 is 11.1 Å². The summed E-state index contributed by atoms with van der Waals surface area (Å²) in [7, 11) is 1.86. The van der Waals surface area contributed by atoms with Crippen LogP contribution in [0.15, 0.2) is 30.3 Å². The Kier molecular flexibility index (Phi) is 3.71. The molecular weight excluding hydrogens is 250 g/mol. The number of anilines is 1. The highest BCUT2D eigenvalue weighted by Crippen LogP contribution is 2.20. The molecule has 1 aromatic heterocycles. The zero-order valence-corrected chi connectivity index (χ0v) is 11.8. The van der Waals surface area contributed by atoms with Gasteiger partial charge in [-0.25, -0.2) is 0 Å². The number of aromatic nitrogens is 2. The van der Waals surface area contributed by atoms with Gasteiger partial charge in [0.2, 0.25) is 0 Å². The summed E-state index contributed by atoms with van der Waals surface area (Å²) in [6, 6.07) is 10.5. The topological polar surface area (TPSA) is 59.1 Å². The molecule has 20 heavy (non-hydrogen) atoms. The number of aryl methyl sites for hydroxylation is 1. The number of nitrogen functional groups attached to an aromatic ring is 1. The van der Waals surface area contributed by atoms with E-state index in [9.17, 15) is 0 Å². The van der Waals surface area contributed by atoms with Crippen LogP contribution in [-0.4, -0.2) is 40.9 Å². The fourth-order valence-corrected chi connectivity index (χ4v) is 2.53. The summed E-state index contributed by atoms with van der Waals surface area (Å²) in [6.07, 6.45) is 0. The number of rotatable bonds is 3. The van der Waals surface area contributed by atoms with E-state index in [1.54, 1.807) is 4.68 Å². The number of piperazine rings is 1. The second-order valence-electron chi connectivity index (χ2n) is 5.30. The highest BCUT2D eigenvalue weighted by atomic mass is 15.3. The van der Waals surface area contributed by atoms with Crippen LogP contribution in [0.3, 0.4) is 0 Å². The van der Waals surface area contributed by atoms with Gasteiger partial charge < -0.3 is 11.1 Å². The molecule has 1 aliphatic heterocycles. The maximum Gasteiger partial charge on any atom is 0.121 e. The third kappa shape index (κ3) is 2.84. The van der Waals surface area contributed by atoms with Crippen molar-refractivity contribution in [2.75, 3.05) is 31.9 Å². The molecule has 0 atom stereocenters. The predicted molar refractivity (Wildman–Crippen MR) is 81.2 cm³/mol. The van der Waals surface area contributed by atoms with E-state index < -0.39 is 0 Å². The van der Waals surface area contributed by atoms with Crippen molar-refractivity contribution in [3.8, 4) is 11.3 Å². The smallest absolute Gasteiger partial charge is 0.121 e. The van der Waals surface area contributed by atoms with Crippen molar-refractivity contribution in [3.05, 3.63) is 35.9 Å². The lowest BCUT2D eigenvalue weighted by Crippen LogP contribution is -2.42. The Balaban J connectivity index is 1.70. The van der Waals surface area contributed by atoms with Crippen molar-refractivity contribution < 1.29 is 0 Å². The Morgan fingerprint density at radius 2 is 1.90 bits per heavy atom. The van der Waals surface area contributed by atoms with E-state index in [0.717, 1.165) is 44.0 Å². The molecule has 1 aliphatic rings. The minimum absolute atomic E-state index is 0.685. The number of nitrogens with two attached hydrogens (primary N) is 1. The van der Waals surface area contributed by atoms with E-state index in [2.05, 4.69) is 39.6 Å². The molecule has 0 saturated carbocycles. The quantitative estimate of drug-likeness (QED) is 0.877. The highest BCUT2D eigenvalue weighted by Gasteiger charge is 2.10. The molecular formula is C15H21N5. The van der Waals surface area contributed by atoms with Gasteiger partial charge in [-0.05, 0) is 5.56 Å². The maximum absolute atomic E-state index is 5.82. The van der Waals surface area contributed by atoms with Gasteiger partial charge in [-0.3, -0.25) is 9.58 Å². The van der Waals surface area contributed by atoms with E-state index in [1.165, 1.54) is 5.56 Å². The maximum atomic E-state index is 5.82. The van der Waals surface area contributed by atoms with Crippen molar-refractivity contribution in [1.82, 2.24) is 20.0 Å². The third-order valence-electron chi connectivity index (χ3n) is 3.78. The predicted octanol–water partition coefficient (Wildman–Crippen LogP) is 1.07. The van der Waals surface area contributed by atoms with E-state index in [4.69, 9.17) is 5.73 Å². The van der Waals surface area contributed by atoms with Gasteiger partial charge in [0.05, 0.1) is 5.69 Å². The van der Waals surface area contributed by atoms with Crippen molar-refractivity contribution in [2.45, 2.75) is 6.54 Å². The molecule has 3 rings (SSSR count). The molecule has 0 radical (unpaired) electrons. The highest BCUT2D eigenvalue weighted by molar-refractivity contribution is 5.62. The summed E-state index contributed by atoms with van der Waals surface area (Å²) in [5.41, 5.74) is 9.21. The molecule has 0 amide bonds. The Morgan fingerprint density at radius 3 is 2.50 bits per heavy atom. The number of hydrogen-bond acceptors (Lipinski definition) is 4. The van der Waals surface area contributed by atoms with E-state index in [-0.39, 0.29) is 0 Å². The van der Waals surface area contributed by atoms with Gasteiger partial charge in [-0.1, -0.05) is 24.3 Å². The Bertz CT molecular complexity index is 547. The van der Waals surface area contributed by atoms with E-state index in [0.29, 0.717) is 5.82 Å². The zero-order valence-electron chi connectivity index (χ0n) is 11.8. The Hall–Kier alpha value is -1.85. The van der Waals surface area contributed by atoms with Crippen molar-refractivity contribution in [1.29, 1.82) is 0 Å². The van der Waals surface area contributed by atoms with Gasteiger partial charge in [0.25, 0.3) is 0 Å². The monoisotopic (exact) mass is 271 g/mol. The average Bonchev–Trinajstić information content (AvgIpc) is 2.81. The molecule has 3 N–H and O–H groups in total. The molecule has 1 saturated heterocycles. The Morgan fingerprint density at radius 1 is 1.20 bits per heavy atom. The number of nitrogens with one attached hydrogen (secondary N) is 1.